The highest BCUT2D eigenvalue weighted by molar-refractivity contribution is 5.69. The number of rotatable bonds is 2. The second kappa shape index (κ2) is 6.11. The normalized spacial score (nSPS) is 13.9. The quantitative estimate of drug-likeness (QED) is 0.766. The van der Waals surface area contributed by atoms with Crippen molar-refractivity contribution in [3.8, 4) is 17.1 Å². The van der Waals surface area contributed by atoms with E-state index < -0.39 is 0 Å². The number of aromatic nitrogens is 3. The van der Waals surface area contributed by atoms with E-state index in [1.165, 1.54) is 29.5 Å². The first-order valence-corrected chi connectivity index (χ1v) is 8.59. The largest absolute Gasteiger partial charge is 0.370 e. The van der Waals surface area contributed by atoms with Crippen molar-refractivity contribution in [2.24, 2.45) is 0 Å². The van der Waals surface area contributed by atoms with Crippen molar-refractivity contribution in [1.29, 1.82) is 0 Å². The summed E-state index contributed by atoms with van der Waals surface area (Å²) < 4.78 is 2.05. The van der Waals surface area contributed by atoms with Gasteiger partial charge in [-0.05, 0) is 68.5 Å². The molecule has 0 aliphatic carbocycles. The maximum absolute atomic E-state index is 4.94. The van der Waals surface area contributed by atoms with Crippen LogP contribution in [-0.4, -0.2) is 21.3 Å². The SMILES string of the molecule is Cc1ccc(-n2nc(-c3ccccn3)c3c2NCCCC3)cc1C. The van der Waals surface area contributed by atoms with Gasteiger partial charge in [0, 0.05) is 18.3 Å². The second-order valence-electron chi connectivity index (χ2n) is 6.45. The standard InChI is InChI=1S/C20H22N4/c1-14-9-10-16(13-15(14)2)24-20-17(7-3-5-12-22-20)19(23-24)18-8-4-6-11-21-18/h4,6,8-11,13,22H,3,5,7,12H2,1-2H3. The van der Waals surface area contributed by atoms with Crippen molar-refractivity contribution >= 4 is 5.82 Å². The van der Waals surface area contributed by atoms with Gasteiger partial charge in [-0.1, -0.05) is 12.1 Å². The fourth-order valence-electron chi connectivity index (χ4n) is 3.26. The Morgan fingerprint density at radius 3 is 2.75 bits per heavy atom. The molecule has 3 heterocycles. The lowest BCUT2D eigenvalue weighted by atomic mass is 10.1. The van der Waals surface area contributed by atoms with Crippen molar-refractivity contribution in [1.82, 2.24) is 14.8 Å². The second-order valence-corrected chi connectivity index (χ2v) is 6.45. The van der Waals surface area contributed by atoms with Gasteiger partial charge in [0.05, 0.1) is 11.4 Å². The van der Waals surface area contributed by atoms with Gasteiger partial charge >= 0.3 is 0 Å². The monoisotopic (exact) mass is 318 g/mol. The molecular formula is C20H22N4. The van der Waals surface area contributed by atoms with Gasteiger partial charge in [0.2, 0.25) is 0 Å². The summed E-state index contributed by atoms with van der Waals surface area (Å²) in [5.74, 6) is 1.12. The molecule has 0 atom stereocenters. The van der Waals surface area contributed by atoms with Crippen molar-refractivity contribution in [3.05, 3.63) is 59.3 Å². The number of benzene rings is 1. The van der Waals surface area contributed by atoms with Gasteiger partial charge in [0.25, 0.3) is 0 Å². The molecule has 2 aromatic heterocycles. The third-order valence-electron chi connectivity index (χ3n) is 4.77. The molecule has 0 spiro atoms. The summed E-state index contributed by atoms with van der Waals surface area (Å²) in [7, 11) is 0. The van der Waals surface area contributed by atoms with Gasteiger partial charge < -0.3 is 5.32 Å². The first-order chi connectivity index (χ1) is 11.7. The van der Waals surface area contributed by atoms with E-state index in [9.17, 15) is 0 Å². The molecular weight excluding hydrogens is 296 g/mol. The Kier molecular flexibility index (Phi) is 3.81. The van der Waals surface area contributed by atoms with Crippen LogP contribution in [0.15, 0.2) is 42.6 Å². The zero-order valence-corrected chi connectivity index (χ0v) is 14.2. The Hall–Kier alpha value is -2.62. The van der Waals surface area contributed by atoms with Crippen LogP contribution in [0, 0.1) is 13.8 Å². The maximum atomic E-state index is 4.94. The van der Waals surface area contributed by atoms with Crippen molar-refractivity contribution in [2.75, 3.05) is 11.9 Å². The lowest BCUT2D eigenvalue weighted by molar-refractivity contribution is 0.779. The molecule has 4 nitrogen and oxygen atoms in total. The summed E-state index contributed by atoms with van der Waals surface area (Å²) in [6, 6.07) is 12.5. The number of hydrogen-bond donors (Lipinski definition) is 1. The highest BCUT2D eigenvalue weighted by Gasteiger charge is 2.22. The highest BCUT2D eigenvalue weighted by Crippen LogP contribution is 2.33. The summed E-state index contributed by atoms with van der Waals surface area (Å²) in [6.45, 7) is 5.28. The van der Waals surface area contributed by atoms with Gasteiger partial charge in [-0.3, -0.25) is 4.98 Å². The predicted octanol–water partition coefficient (Wildman–Crippen LogP) is 4.30. The molecule has 1 aromatic carbocycles. The van der Waals surface area contributed by atoms with Crippen LogP contribution in [0.5, 0.6) is 0 Å². The molecule has 0 radical (unpaired) electrons. The molecule has 1 aliphatic heterocycles. The smallest absolute Gasteiger partial charge is 0.133 e. The molecule has 24 heavy (non-hydrogen) atoms. The minimum Gasteiger partial charge on any atom is -0.370 e. The summed E-state index contributed by atoms with van der Waals surface area (Å²) in [4.78, 5) is 4.52. The molecule has 1 aliphatic rings. The molecule has 0 amide bonds. The predicted molar refractivity (Wildman–Crippen MR) is 97.7 cm³/mol. The van der Waals surface area contributed by atoms with Crippen molar-refractivity contribution in [2.45, 2.75) is 33.1 Å². The van der Waals surface area contributed by atoms with Crippen LogP contribution in [0.4, 0.5) is 5.82 Å². The van der Waals surface area contributed by atoms with E-state index in [-0.39, 0.29) is 0 Å². The molecule has 0 unspecified atom stereocenters. The third kappa shape index (κ3) is 2.58. The fourth-order valence-corrected chi connectivity index (χ4v) is 3.26. The summed E-state index contributed by atoms with van der Waals surface area (Å²) in [5, 5.41) is 8.53. The summed E-state index contributed by atoms with van der Waals surface area (Å²) >= 11 is 0. The van der Waals surface area contributed by atoms with E-state index in [2.05, 4.69) is 47.0 Å². The lowest BCUT2D eigenvalue weighted by Gasteiger charge is -2.10. The number of nitrogens with one attached hydrogen (secondary N) is 1. The average Bonchev–Trinajstić information content (AvgIpc) is 2.80. The van der Waals surface area contributed by atoms with Gasteiger partial charge in [-0.2, -0.15) is 5.10 Å². The molecule has 0 bridgehead atoms. The number of hydrogen-bond acceptors (Lipinski definition) is 3. The van der Waals surface area contributed by atoms with E-state index in [1.54, 1.807) is 0 Å². The zero-order chi connectivity index (χ0) is 16.5. The summed E-state index contributed by atoms with van der Waals surface area (Å²) in [5.41, 5.74) is 6.91. The van der Waals surface area contributed by atoms with Gasteiger partial charge in [0.15, 0.2) is 0 Å². The molecule has 4 rings (SSSR count). The first-order valence-electron chi connectivity index (χ1n) is 8.59. The van der Waals surface area contributed by atoms with Crippen LogP contribution in [0.2, 0.25) is 0 Å². The molecule has 122 valence electrons. The Bertz CT molecular complexity index is 865. The number of pyridine rings is 1. The van der Waals surface area contributed by atoms with E-state index in [4.69, 9.17) is 5.10 Å². The van der Waals surface area contributed by atoms with E-state index in [0.29, 0.717) is 0 Å². The lowest BCUT2D eigenvalue weighted by Crippen LogP contribution is -2.07. The molecule has 1 N–H and O–H groups in total. The third-order valence-corrected chi connectivity index (χ3v) is 4.77. The topological polar surface area (TPSA) is 42.7 Å². The number of fused-ring (bicyclic) bond motifs is 1. The molecule has 0 saturated heterocycles. The average molecular weight is 318 g/mol. The van der Waals surface area contributed by atoms with Gasteiger partial charge in [0.1, 0.15) is 11.5 Å². The van der Waals surface area contributed by atoms with Crippen LogP contribution < -0.4 is 5.32 Å². The van der Waals surface area contributed by atoms with Crippen LogP contribution >= 0.6 is 0 Å². The number of anilines is 1. The fraction of sp³-hybridized carbons (Fsp3) is 0.300. The minimum atomic E-state index is 0.944. The zero-order valence-electron chi connectivity index (χ0n) is 14.2. The van der Waals surface area contributed by atoms with Crippen molar-refractivity contribution < 1.29 is 0 Å². The number of nitrogens with zero attached hydrogens (tertiary/aromatic N) is 3. The molecule has 0 fully saturated rings. The highest BCUT2D eigenvalue weighted by atomic mass is 15.3. The van der Waals surface area contributed by atoms with Crippen LogP contribution in [0.3, 0.4) is 0 Å². The van der Waals surface area contributed by atoms with Crippen LogP contribution in [0.1, 0.15) is 29.5 Å². The molecule has 4 heteroatoms. The Labute approximate surface area is 142 Å². The Morgan fingerprint density at radius 2 is 1.96 bits per heavy atom. The number of aryl methyl sites for hydroxylation is 2. The van der Waals surface area contributed by atoms with E-state index >= 15 is 0 Å². The van der Waals surface area contributed by atoms with E-state index in [0.717, 1.165) is 35.9 Å². The van der Waals surface area contributed by atoms with Gasteiger partial charge in [-0.15, -0.1) is 0 Å². The maximum Gasteiger partial charge on any atom is 0.133 e. The van der Waals surface area contributed by atoms with Crippen LogP contribution in [0.25, 0.3) is 17.1 Å². The molecule has 3 aromatic rings. The van der Waals surface area contributed by atoms with Crippen LogP contribution in [-0.2, 0) is 6.42 Å². The minimum absolute atomic E-state index is 0.944. The Balaban J connectivity index is 1.91. The first kappa shape index (κ1) is 14.9. The van der Waals surface area contributed by atoms with E-state index in [1.807, 2.05) is 24.4 Å². The Morgan fingerprint density at radius 1 is 1.04 bits per heavy atom. The van der Waals surface area contributed by atoms with Gasteiger partial charge in [-0.25, -0.2) is 4.68 Å². The summed E-state index contributed by atoms with van der Waals surface area (Å²) in [6.07, 6.45) is 5.24. The van der Waals surface area contributed by atoms with Crippen molar-refractivity contribution in [3.63, 3.8) is 0 Å². The molecule has 0 saturated carbocycles.